The lowest BCUT2D eigenvalue weighted by atomic mass is 10.0. The van der Waals surface area contributed by atoms with Crippen molar-refractivity contribution in [3.05, 3.63) is 24.3 Å². The molecule has 0 radical (unpaired) electrons. The van der Waals surface area contributed by atoms with Crippen molar-refractivity contribution in [2.75, 3.05) is 43.7 Å². The van der Waals surface area contributed by atoms with Crippen LogP contribution in [0.15, 0.2) is 24.3 Å². The smallest absolute Gasteiger partial charge is 0.366 e. The highest BCUT2D eigenvalue weighted by atomic mass is 16.7. The Hall–Kier alpha value is -5.05. The SMILES string of the molecule is CN(C)c1nc(Nc2ccccc2NC2NC(N(C)C)NC3(N2)OC3(CC(=O)ON)C(=O)ON)nc(OC(CC(=O)ON)C(=O)ON)n1. The first-order chi connectivity index (χ1) is 22.8. The maximum atomic E-state index is 12.8. The van der Waals surface area contributed by atoms with Gasteiger partial charge in [0.15, 0.2) is 0 Å². The van der Waals surface area contributed by atoms with Gasteiger partial charge in [0.25, 0.3) is 0 Å². The summed E-state index contributed by atoms with van der Waals surface area (Å²) >= 11 is 0. The Bertz CT molecular complexity index is 1520. The number of hydrogen-bond donors (Lipinski definition) is 9. The van der Waals surface area contributed by atoms with Crippen molar-refractivity contribution in [1.29, 1.82) is 0 Å². The Kier molecular flexibility index (Phi) is 11.0. The second-order valence-electron chi connectivity index (χ2n) is 10.6. The molecule has 0 amide bonds. The molecule has 48 heavy (non-hydrogen) atoms. The van der Waals surface area contributed by atoms with Crippen LogP contribution in [0, 0.1) is 0 Å². The maximum absolute atomic E-state index is 12.8. The second kappa shape index (κ2) is 14.8. The van der Waals surface area contributed by atoms with Crippen LogP contribution in [0.5, 0.6) is 6.01 Å². The van der Waals surface area contributed by atoms with Crippen LogP contribution in [0.3, 0.4) is 0 Å². The zero-order valence-corrected chi connectivity index (χ0v) is 26.1. The number of aromatic nitrogens is 3. The van der Waals surface area contributed by atoms with Crippen molar-refractivity contribution in [2.45, 2.75) is 43.0 Å². The number of ether oxygens (including phenoxy) is 2. The van der Waals surface area contributed by atoms with E-state index < -0.39 is 66.9 Å². The number of hydrogen-bond acceptors (Lipinski definition) is 24. The van der Waals surface area contributed by atoms with Gasteiger partial charge in [-0.2, -0.15) is 38.5 Å². The molecule has 2 aliphatic rings. The Morgan fingerprint density at radius 3 is 2.23 bits per heavy atom. The molecule has 1 spiro atoms. The predicted octanol–water partition coefficient (Wildman–Crippen LogP) is -4.38. The highest BCUT2D eigenvalue weighted by molar-refractivity contribution is 5.90. The van der Waals surface area contributed by atoms with Gasteiger partial charge in [-0.25, -0.2) is 20.2 Å². The molecule has 1 aromatic heterocycles. The molecule has 2 saturated heterocycles. The quantitative estimate of drug-likeness (QED) is 0.0672. The molecule has 5 unspecified atom stereocenters. The van der Waals surface area contributed by atoms with Crippen LogP contribution in [0.1, 0.15) is 12.8 Å². The first-order valence-corrected chi connectivity index (χ1v) is 13.8. The van der Waals surface area contributed by atoms with E-state index in [9.17, 15) is 19.2 Å². The summed E-state index contributed by atoms with van der Waals surface area (Å²) in [6.45, 7) is 0. The van der Waals surface area contributed by atoms with E-state index in [2.05, 4.69) is 60.9 Å². The van der Waals surface area contributed by atoms with Crippen molar-refractivity contribution in [1.82, 2.24) is 35.8 Å². The molecular formula is C24H36N14O10. The second-order valence-corrected chi connectivity index (χ2v) is 10.6. The number of anilines is 4. The number of epoxide rings is 1. The monoisotopic (exact) mass is 680 g/mol. The summed E-state index contributed by atoms with van der Waals surface area (Å²) in [5, 5.41) is 15.7. The fraction of sp³-hybridized carbons (Fsp3) is 0.458. The third-order valence-corrected chi connectivity index (χ3v) is 6.93. The predicted molar refractivity (Wildman–Crippen MR) is 159 cm³/mol. The Morgan fingerprint density at radius 2 is 1.62 bits per heavy atom. The number of nitrogens with one attached hydrogen (secondary N) is 5. The van der Waals surface area contributed by atoms with Crippen molar-refractivity contribution < 1.29 is 48.0 Å². The summed E-state index contributed by atoms with van der Waals surface area (Å²) in [6.07, 6.45) is -4.36. The lowest BCUT2D eigenvalue weighted by molar-refractivity contribution is -0.159. The molecule has 2 aromatic rings. The molecule has 0 saturated carbocycles. The molecular weight excluding hydrogens is 644 g/mol. The van der Waals surface area contributed by atoms with Crippen LogP contribution in [0.25, 0.3) is 0 Å². The van der Waals surface area contributed by atoms with Gasteiger partial charge in [-0.1, -0.05) is 12.1 Å². The molecule has 5 atom stereocenters. The molecule has 0 aliphatic carbocycles. The molecule has 1 aromatic carbocycles. The largest absolute Gasteiger partial charge is 0.447 e. The van der Waals surface area contributed by atoms with E-state index in [0.717, 1.165) is 0 Å². The van der Waals surface area contributed by atoms with Crippen LogP contribution in [-0.2, 0) is 43.3 Å². The molecule has 4 rings (SSSR count). The number of nitrogens with zero attached hydrogens (tertiary/aromatic N) is 5. The summed E-state index contributed by atoms with van der Waals surface area (Å²) in [7, 11) is 6.79. The van der Waals surface area contributed by atoms with Crippen LogP contribution < -0.4 is 59.8 Å². The number of para-hydroxylation sites is 2. The Labute approximate surface area is 271 Å². The van der Waals surface area contributed by atoms with Gasteiger partial charge in [-0.05, 0) is 26.2 Å². The third kappa shape index (κ3) is 7.73. The van der Waals surface area contributed by atoms with E-state index in [4.69, 9.17) is 33.1 Å². The molecule has 2 aliphatic heterocycles. The van der Waals surface area contributed by atoms with Gasteiger partial charge in [0.05, 0.1) is 24.2 Å². The van der Waals surface area contributed by atoms with E-state index >= 15 is 0 Å². The molecule has 0 bridgehead atoms. The van der Waals surface area contributed by atoms with E-state index in [1.54, 1.807) is 57.4 Å². The van der Waals surface area contributed by atoms with E-state index in [1.165, 1.54) is 4.90 Å². The highest BCUT2D eigenvalue weighted by Crippen LogP contribution is 2.49. The normalized spacial score (nSPS) is 23.4. The lowest BCUT2D eigenvalue weighted by Gasteiger charge is -2.41. The number of nitrogens with two attached hydrogens (primary N) is 4. The summed E-state index contributed by atoms with van der Waals surface area (Å²) in [6, 6.07) is 6.49. The van der Waals surface area contributed by atoms with E-state index in [0.29, 0.717) is 11.4 Å². The van der Waals surface area contributed by atoms with Crippen LogP contribution in [0.2, 0.25) is 0 Å². The zero-order chi connectivity index (χ0) is 35.2. The first kappa shape index (κ1) is 35.8. The standard InChI is InChI=1S/C24H36N14O10/c1-37(2)20-31-18(33-22(34-20)43-13(16(41)46-27)9-14(39)44-25)29-11-7-5-6-8-12(11)30-19-32-21(38(3)4)36-24(35-19)23(48-24,17(42)47-28)10-15(40)45-26/h5-8,13,19,21,30,32,35-36H,9-10,25-28H2,1-4H3,(H,29,31,33,34). The van der Waals surface area contributed by atoms with E-state index in [-0.39, 0.29) is 17.9 Å². The fourth-order valence-electron chi connectivity index (χ4n) is 4.54. The van der Waals surface area contributed by atoms with Crippen molar-refractivity contribution in [3.8, 4) is 6.01 Å². The van der Waals surface area contributed by atoms with Gasteiger partial charge in [0.1, 0.15) is 12.6 Å². The van der Waals surface area contributed by atoms with Crippen molar-refractivity contribution >= 4 is 47.1 Å². The van der Waals surface area contributed by atoms with Crippen molar-refractivity contribution in [3.63, 3.8) is 0 Å². The maximum Gasteiger partial charge on any atom is 0.366 e. The average molecular weight is 681 g/mol. The van der Waals surface area contributed by atoms with Crippen LogP contribution in [-0.4, -0.2) is 102 Å². The molecule has 24 heteroatoms. The Balaban J connectivity index is 1.61. The minimum atomic E-state index is -1.93. The topological polar surface area (TPSA) is 336 Å². The van der Waals surface area contributed by atoms with E-state index in [1.807, 2.05) is 0 Å². The summed E-state index contributed by atoms with van der Waals surface area (Å²) in [5.41, 5.74) is -1.03. The number of rotatable bonds is 14. The van der Waals surface area contributed by atoms with Crippen LogP contribution in [0.4, 0.5) is 23.3 Å². The molecule has 13 N–H and O–H groups in total. The first-order valence-electron chi connectivity index (χ1n) is 13.8. The minimum Gasteiger partial charge on any atom is -0.447 e. The number of benzene rings is 1. The zero-order valence-electron chi connectivity index (χ0n) is 26.1. The third-order valence-electron chi connectivity index (χ3n) is 6.93. The average Bonchev–Trinajstić information content (AvgIpc) is 3.67. The summed E-state index contributed by atoms with van der Waals surface area (Å²) < 4.78 is 11.3. The lowest BCUT2D eigenvalue weighted by Crippen LogP contribution is -2.76. The van der Waals surface area contributed by atoms with Crippen molar-refractivity contribution in [2.24, 2.45) is 23.6 Å². The fourth-order valence-corrected chi connectivity index (χ4v) is 4.54. The van der Waals surface area contributed by atoms with Gasteiger partial charge >= 0.3 is 29.9 Å². The molecule has 24 nitrogen and oxygen atoms in total. The number of carbonyl (C=O) groups is 4. The summed E-state index contributed by atoms with van der Waals surface area (Å²) in [4.78, 5) is 81.8. The van der Waals surface area contributed by atoms with Gasteiger partial charge in [0.2, 0.25) is 29.5 Å². The molecule has 3 heterocycles. The molecule has 2 fully saturated rings. The van der Waals surface area contributed by atoms with Gasteiger partial charge in [-0.15, -0.1) is 0 Å². The number of carbonyl (C=O) groups excluding carboxylic acids is 4. The highest BCUT2D eigenvalue weighted by Gasteiger charge is 2.79. The van der Waals surface area contributed by atoms with Crippen LogP contribution >= 0.6 is 0 Å². The molecule has 262 valence electrons. The van der Waals surface area contributed by atoms with Gasteiger partial charge in [0, 0.05) is 14.1 Å². The summed E-state index contributed by atoms with van der Waals surface area (Å²) in [5.74, 6) is 14.3. The van der Waals surface area contributed by atoms with Gasteiger partial charge < -0.3 is 44.4 Å². The Morgan fingerprint density at radius 1 is 0.938 bits per heavy atom. The minimum absolute atomic E-state index is 0.0383. The van der Waals surface area contributed by atoms with Gasteiger partial charge in [-0.3, -0.25) is 19.8 Å².